The summed E-state index contributed by atoms with van der Waals surface area (Å²) >= 11 is 2.90. The van der Waals surface area contributed by atoms with Crippen molar-refractivity contribution < 1.29 is 9.18 Å². The van der Waals surface area contributed by atoms with Crippen molar-refractivity contribution >= 4 is 33.7 Å². The molecule has 4 aromatic rings. The molecule has 0 aliphatic heterocycles. The molecule has 1 aromatic carbocycles. The van der Waals surface area contributed by atoms with Gasteiger partial charge in [-0.25, -0.2) is 14.4 Å². The van der Waals surface area contributed by atoms with Gasteiger partial charge in [0.2, 0.25) is 5.91 Å². The molecular formula is C20H15FN4OS2. The minimum atomic E-state index is -0.255. The third-order valence-corrected chi connectivity index (χ3v) is 5.75. The van der Waals surface area contributed by atoms with E-state index in [-0.39, 0.29) is 18.1 Å². The van der Waals surface area contributed by atoms with E-state index in [1.807, 2.05) is 17.5 Å². The summed E-state index contributed by atoms with van der Waals surface area (Å²) in [6, 6.07) is 10.2. The number of nitrogens with one attached hydrogen (secondary N) is 1. The second-order valence-corrected chi connectivity index (χ2v) is 8.02. The summed E-state index contributed by atoms with van der Waals surface area (Å²) < 4.78 is 13.0. The van der Waals surface area contributed by atoms with Crippen LogP contribution in [0, 0.1) is 5.82 Å². The van der Waals surface area contributed by atoms with Gasteiger partial charge in [0.25, 0.3) is 0 Å². The molecule has 4 rings (SSSR count). The number of benzene rings is 1. The van der Waals surface area contributed by atoms with Gasteiger partial charge < -0.3 is 5.32 Å². The van der Waals surface area contributed by atoms with Gasteiger partial charge in [0.05, 0.1) is 12.1 Å². The van der Waals surface area contributed by atoms with Gasteiger partial charge in [-0.05, 0) is 29.8 Å². The van der Waals surface area contributed by atoms with Crippen molar-refractivity contribution in [3.05, 3.63) is 82.3 Å². The molecule has 3 aromatic heterocycles. The van der Waals surface area contributed by atoms with Gasteiger partial charge >= 0.3 is 0 Å². The summed E-state index contributed by atoms with van der Waals surface area (Å²) in [4.78, 5) is 26.1. The topological polar surface area (TPSA) is 67.8 Å². The van der Waals surface area contributed by atoms with Gasteiger partial charge in [0.1, 0.15) is 10.8 Å². The Bertz CT molecular complexity index is 1080. The van der Waals surface area contributed by atoms with Gasteiger partial charge in [0.15, 0.2) is 5.13 Å². The van der Waals surface area contributed by atoms with Gasteiger partial charge in [-0.1, -0.05) is 12.1 Å². The lowest BCUT2D eigenvalue weighted by Crippen LogP contribution is -2.14. The summed E-state index contributed by atoms with van der Waals surface area (Å²) in [6.07, 6.45) is 6.02. The minimum Gasteiger partial charge on any atom is -0.302 e. The van der Waals surface area contributed by atoms with E-state index >= 15 is 0 Å². The monoisotopic (exact) mass is 410 g/mol. The first kappa shape index (κ1) is 18.4. The van der Waals surface area contributed by atoms with Gasteiger partial charge in [-0.2, -0.15) is 0 Å². The number of hydrogen-bond donors (Lipinski definition) is 1. The van der Waals surface area contributed by atoms with E-state index in [9.17, 15) is 9.18 Å². The first-order valence-electron chi connectivity index (χ1n) is 8.49. The lowest BCUT2D eigenvalue weighted by atomic mass is 10.1. The molecule has 8 heteroatoms. The predicted octanol–water partition coefficient (Wildman–Crippen LogP) is 4.57. The summed E-state index contributed by atoms with van der Waals surface area (Å²) in [5, 5.41) is 6.08. The number of pyridine rings is 1. The Morgan fingerprint density at radius 2 is 2.00 bits per heavy atom. The van der Waals surface area contributed by atoms with Crippen LogP contribution in [0.2, 0.25) is 0 Å². The highest BCUT2D eigenvalue weighted by atomic mass is 32.1. The molecule has 5 nitrogen and oxygen atoms in total. The third-order valence-electron chi connectivity index (χ3n) is 3.89. The van der Waals surface area contributed by atoms with Crippen LogP contribution < -0.4 is 5.32 Å². The van der Waals surface area contributed by atoms with Crippen LogP contribution in [0.15, 0.2) is 60.4 Å². The summed E-state index contributed by atoms with van der Waals surface area (Å²) in [5.74, 6) is -0.416. The Morgan fingerprint density at radius 1 is 1.14 bits per heavy atom. The molecule has 1 N–H and O–H groups in total. The Kier molecular flexibility index (Phi) is 5.50. The normalized spacial score (nSPS) is 10.8. The first-order valence-corrected chi connectivity index (χ1v) is 10.2. The number of halogens is 1. The molecule has 0 aliphatic rings. The smallest absolute Gasteiger partial charge is 0.232 e. The maximum absolute atomic E-state index is 13.0. The van der Waals surface area contributed by atoms with Crippen LogP contribution in [0.3, 0.4) is 0 Å². The SMILES string of the molecule is O=C(Cc1csc(-c2cccnc2)n1)Nc1ncc(Cc2ccc(F)cc2)s1. The van der Waals surface area contributed by atoms with Crippen LogP contribution in [-0.2, 0) is 17.6 Å². The minimum absolute atomic E-state index is 0.161. The van der Waals surface area contributed by atoms with E-state index in [0.29, 0.717) is 17.2 Å². The van der Waals surface area contributed by atoms with Crippen LogP contribution in [0.1, 0.15) is 16.1 Å². The fourth-order valence-corrected chi connectivity index (χ4v) is 4.26. The number of anilines is 1. The molecule has 0 bridgehead atoms. The Hall–Kier alpha value is -2.97. The summed E-state index contributed by atoms with van der Waals surface area (Å²) in [7, 11) is 0. The lowest BCUT2D eigenvalue weighted by molar-refractivity contribution is -0.115. The van der Waals surface area contributed by atoms with E-state index in [4.69, 9.17) is 0 Å². The molecule has 0 atom stereocenters. The van der Waals surface area contributed by atoms with Crippen molar-refractivity contribution in [3.63, 3.8) is 0 Å². The first-order chi connectivity index (χ1) is 13.7. The lowest BCUT2D eigenvalue weighted by Gasteiger charge is -2.00. The molecule has 0 fully saturated rings. The van der Waals surface area contributed by atoms with Crippen LogP contribution in [0.5, 0.6) is 0 Å². The van der Waals surface area contributed by atoms with E-state index in [2.05, 4.69) is 20.3 Å². The Labute approximate surface area is 169 Å². The summed E-state index contributed by atoms with van der Waals surface area (Å²) in [5.41, 5.74) is 2.64. The highest BCUT2D eigenvalue weighted by Gasteiger charge is 2.11. The highest BCUT2D eigenvalue weighted by Crippen LogP contribution is 2.24. The maximum Gasteiger partial charge on any atom is 0.232 e. The van der Waals surface area contributed by atoms with E-state index < -0.39 is 0 Å². The zero-order valence-electron chi connectivity index (χ0n) is 14.6. The van der Waals surface area contributed by atoms with Crippen molar-refractivity contribution in [1.29, 1.82) is 0 Å². The second kappa shape index (κ2) is 8.37. The van der Waals surface area contributed by atoms with E-state index in [1.165, 1.54) is 34.8 Å². The number of hydrogen-bond acceptors (Lipinski definition) is 6. The van der Waals surface area contributed by atoms with Crippen LogP contribution in [0.4, 0.5) is 9.52 Å². The van der Waals surface area contributed by atoms with Crippen LogP contribution in [0.25, 0.3) is 10.6 Å². The Morgan fingerprint density at radius 3 is 2.79 bits per heavy atom. The number of aromatic nitrogens is 3. The molecule has 28 heavy (non-hydrogen) atoms. The molecular weight excluding hydrogens is 395 g/mol. The van der Waals surface area contributed by atoms with Crippen molar-refractivity contribution in [2.45, 2.75) is 12.8 Å². The number of nitrogens with zero attached hydrogens (tertiary/aromatic N) is 3. The van der Waals surface area contributed by atoms with Gasteiger partial charge in [0, 0.05) is 40.8 Å². The zero-order valence-corrected chi connectivity index (χ0v) is 16.3. The largest absolute Gasteiger partial charge is 0.302 e. The fraction of sp³-hybridized carbons (Fsp3) is 0.100. The molecule has 1 amide bonds. The zero-order chi connectivity index (χ0) is 19.3. The fourth-order valence-electron chi connectivity index (χ4n) is 2.59. The Balaban J connectivity index is 1.35. The van der Waals surface area contributed by atoms with Crippen molar-refractivity contribution in [3.8, 4) is 10.6 Å². The number of carbonyl (C=O) groups is 1. The number of thiazole rings is 2. The van der Waals surface area contributed by atoms with Crippen LogP contribution >= 0.6 is 22.7 Å². The standard InChI is InChI=1S/C20H15FN4OS2/c21-15-5-3-13(4-6-15)8-17-11-23-20(28-17)25-18(26)9-16-12-27-19(24-16)14-2-1-7-22-10-14/h1-7,10-12H,8-9H2,(H,23,25,26). The number of rotatable bonds is 6. The molecule has 0 radical (unpaired) electrons. The number of carbonyl (C=O) groups excluding carboxylic acids is 1. The van der Waals surface area contributed by atoms with Crippen LogP contribution in [-0.4, -0.2) is 20.9 Å². The molecule has 0 saturated carbocycles. The summed E-state index contributed by atoms with van der Waals surface area (Å²) in [6.45, 7) is 0. The number of amides is 1. The van der Waals surface area contributed by atoms with Crippen molar-refractivity contribution in [1.82, 2.24) is 15.0 Å². The van der Waals surface area contributed by atoms with Crippen molar-refractivity contribution in [2.75, 3.05) is 5.32 Å². The van der Waals surface area contributed by atoms with Gasteiger partial charge in [-0.15, -0.1) is 22.7 Å². The predicted molar refractivity (Wildman–Crippen MR) is 109 cm³/mol. The van der Waals surface area contributed by atoms with Gasteiger partial charge in [-0.3, -0.25) is 9.78 Å². The quantitative estimate of drug-likeness (QED) is 0.505. The molecule has 0 spiro atoms. The molecule has 0 unspecified atom stereocenters. The molecule has 0 saturated heterocycles. The molecule has 3 heterocycles. The average molecular weight is 410 g/mol. The molecule has 0 aliphatic carbocycles. The second-order valence-electron chi connectivity index (χ2n) is 6.05. The third kappa shape index (κ3) is 4.65. The molecule has 140 valence electrons. The van der Waals surface area contributed by atoms with Crippen molar-refractivity contribution in [2.24, 2.45) is 0 Å². The van der Waals surface area contributed by atoms with E-state index in [0.717, 1.165) is 21.0 Å². The average Bonchev–Trinajstić information content (AvgIpc) is 3.34. The van der Waals surface area contributed by atoms with E-state index in [1.54, 1.807) is 30.7 Å². The highest BCUT2D eigenvalue weighted by molar-refractivity contribution is 7.15. The maximum atomic E-state index is 13.0.